The van der Waals surface area contributed by atoms with E-state index in [0.717, 1.165) is 18.9 Å². The fraction of sp³-hybridized carbons (Fsp3) is 0.500. The van der Waals surface area contributed by atoms with Gasteiger partial charge in [-0.15, -0.1) is 0 Å². The molecular formula is C14H15F3N2O. The summed E-state index contributed by atoms with van der Waals surface area (Å²) in [5.74, 6) is 0.0991. The van der Waals surface area contributed by atoms with Crippen LogP contribution in [0.4, 0.5) is 13.2 Å². The van der Waals surface area contributed by atoms with Gasteiger partial charge in [-0.05, 0) is 25.0 Å². The number of nitrogens with zero attached hydrogens (tertiary/aromatic N) is 1. The van der Waals surface area contributed by atoms with Crippen molar-refractivity contribution in [3.05, 3.63) is 35.4 Å². The number of nitrogens with two attached hydrogens (primary N) is 1. The standard InChI is InChI=1S/C14H15F3N2O/c15-14(16,17)10-4-2-1-3-9(10)13-19-11-6-5-8(18)7-12(11)20-13/h1-4,8,11-12H,5-7,18H2. The maximum absolute atomic E-state index is 13.0. The van der Waals surface area contributed by atoms with Crippen molar-refractivity contribution >= 4 is 5.90 Å². The van der Waals surface area contributed by atoms with Crippen molar-refractivity contribution in [2.75, 3.05) is 0 Å². The summed E-state index contributed by atoms with van der Waals surface area (Å²) in [5.41, 5.74) is 5.17. The maximum atomic E-state index is 13.0. The van der Waals surface area contributed by atoms with Crippen LogP contribution in [0.5, 0.6) is 0 Å². The van der Waals surface area contributed by atoms with Gasteiger partial charge in [-0.3, -0.25) is 0 Å². The number of aliphatic imine (C=N–C) groups is 1. The summed E-state index contributed by atoms with van der Waals surface area (Å²) in [7, 11) is 0. The van der Waals surface area contributed by atoms with Gasteiger partial charge in [-0.2, -0.15) is 13.2 Å². The predicted octanol–water partition coefficient (Wildman–Crippen LogP) is 2.73. The first-order valence-electron chi connectivity index (χ1n) is 6.62. The van der Waals surface area contributed by atoms with E-state index < -0.39 is 11.7 Å². The summed E-state index contributed by atoms with van der Waals surface area (Å²) in [6, 6.07) is 5.36. The first-order chi connectivity index (χ1) is 9.45. The molecule has 1 aliphatic heterocycles. The predicted molar refractivity (Wildman–Crippen MR) is 68.5 cm³/mol. The molecule has 20 heavy (non-hydrogen) atoms. The molecule has 3 unspecified atom stereocenters. The zero-order valence-electron chi connectivity index (χ0n) is 10.7. The van der Waals surface area contributed by atoms with E-state index in [-0.39, 0.29) is 29.6 Å². The summed E-state index contributed by atoms with van der Waals surface area (Å²) in [6.07, 6.45) is -2.35. The van der Waals surface area contributed by atoms with Gasteiger partial charge >= 0.3 is 6.18 Å². The van der Waals surface area contributed by atoms with Crippen molar-refractivity contribution in [2.45, 2.75) is 43.6 Å². The van der Waals surface area contributed by atoms with E-state index in [1.54, 1.807) is 6.07 Å². The Hall–Kier alpha value is -1.56. The lowest BCUT2D eigenvalue weighted by Gasteiger charge is -2.27. The molecule has 2 N–H and O–H groups in total. The van der Waals surface area contributed by atoms with Crippen LogP contribution >= 0.6 is 0 Å². The number of hydrogen-bond acceptors (Lipinski definition) is 3. The monoisotopic (exact) mass is 284 g/mol. The zero-order chi connectivity index (χ0) is 14.3. The number of fused-ring (bicyclic) bond motifs is 1. The van der Waals surface area contributed by atoms with Gasteiger partial charge in [0.25, 0.3) is 0 Å². The van der Waals surface area contributed by atoms with Crippen LogP contribution in [0.15, 0.2) is 29.3 Å². The van der Waals surface area contributed by atoms with Crippen LogP contribution < -0.4 is 5.73 Å². The van der Waals surface area contributed by atoms with Crippen LogP contribution in [0.1, 0.15) is 30.4 Å². The average molecular weight is 284 g/mol. The van der Waals surface area contributed by atoms with Gasteiger partial charge in [0, 0.05) is 18.0 Å². The Morgan fingerprint density at radius 1 is 1.20 bits per heavy atom. The molecule has 3 rings (SSSR count). The largest absolute Gasteiger partial charge is 0.472 e. The summed E-state index contributed by atoms with van der Waals surface area (Å²) in [5, 5.41) is 0. The molecule has 0 saturated heterocycles. The van der Waals surface area contributed by atoms with Crippen LogP contribution in [0, 0.1) is 0 Å². The molecule has 1 saturated carbocycles. The second-order valence-corrected chi connectivity index (χ2v) is 5.27. The van der Waals surface area contributed by atoms with Crippen molar-refractivity contribution in [1.82, 2.24) is 0 Å². The van der Waals surface area contributed by atoms with Gasteiger partial charge in [0.2, 0.25) is 5.90 Å². The fourth-order valence-corrected chi connectivity index (χ4v) is 2.79. The van der Waals surface area contributed by atoms with Gasteiger partial charge in [0.1, 0.15) is 6.10 Å². The third-order valence-electron chi connectivity index (χ3n) is 3.81. The molecule has 1 aromatic rings. The highest BCUT2D eigenvalue weighted by atomic mass is 19.4. The first-order valence-corrected chi connectivity index (χ1v) is 6.62. The average Bonchev–Trinajstić information content (AvgIpc) is 2.80. The highest BCUT2D eigenvalue weighted by molar-refractivity contribution is 5.97. The van der Waals surface area contributed by atoms with E-state index in [1.165, 1.54) is 12.1 Å². The van der Waals surface area contributed by atoms with Crippen LogP contribution in [-0.2, 0) is 10.9 Å². The maximum Gasteiger partial charge on any atom is 0.417 e. The van der Waals surface area contributed by atoms with Gasteiger partial charge in [0.05, 0.1) is 11.6 Å². The van der Waals surface area contributed by atoms with Gasteiger partial charge in [-0.25, -0.2) is 4.99 Å². The Morgan fingerprint density at radius 3 is 2.70 bits per heavy atom. The van der Waals surface area contributed by atoms with E-state index in [4.69, 9.17) is 10.5 Å². The third kappa shape index (κ3) is 2.40. The minimum Gasteiger partial charge on any atom is -0.472 e. The lowest BCUT2D eigenvalue weighted by atomic mass is 9.90. The number of halogens is 3. The van der Waals surface area contributed by atoms with Crippen molar-refractivity contribution in [2.24, 2.45) is 10.7 Å². The normalized spacial score (nSPS) is 29.6. The Bertz CT molecular complexity index is 541. The quantitative estimate of drug-likeness (QED) is 0.862. The van der Waals surface area contributed by atoms with E-state index in [1.807, 2.05) is 0 Å². The summed E-state index contributed by atoms with van der Waals surface area (Å²) in [4.78, 5) is 4.33. The molecule has 6 heteroatoms. The number of benzene rings is 1. The molecule has 0 aromatic heterocycles. The molecule has 0 bridgehead atoms. The molecule has 108 valence electrons. The Labute approximate surface area is 114 Å². The van der Waals surface area contributed by atoms with E-state index in [9.17, 15) is 13.2 Å². The molecule has 1 heterocycles. The lowest BCUT2D eigenvalue weighted by Crippen LogP contribution is -2.38. The Morgan fingerprint density at radius 2 is 1.95 bits per heavy atom. The minimum atomic E-state index is -4.41. The summed E-state index contributed by atoms with van der Waals surface area (Å²) < 4.78 is 44.6. The smallest absolute Gasteiger partial charge is 0.417 e. The summed E-state index contributed by atoms with van der Waals surface area (Å²) in [6.45, 7) is 0. The molecular weight excluding hydrogens is 269 g/mol. The van der Waals surface area contributed by atoms with Gasteiger partial charge in [-0.1, -0.05) is 12.1 Å². The molecule has 0 spiro atoms. The number of hydrogen-bond donors (Lipinski definition) is 1. The van der Waals surface area contributed by atoms with Crippen LogP contribution in [0.2, 0.25) is 0 Å². The number of alkyl halides is 3. The zero-order valence-corrected chi connectivity index (χ0v) is 10.7. The van der Waals surface area contributed by atoms with Crippen molar-refractivity contribution in [3.8, 4) is 0 Å². The lowest BCUT2D eigenvalue weighted by molar-refractivity contribution is -0.137. The molecule has 1 aromatic carbocycles. The van der Waals surface area contributed by atoms with E-state index in [0.29, 0.717) is 6.42 Å². The fourth-order valence-electron chi connectivity index (χ4n) is 2.79. The summed E-state index contributed by atoms with van der Waals surface area (Å²) >= 11 is 0. The highest BCUT2D eigenvalue weighted by Gasteiger charge is 2.40. The molecule has 3 nitrogen and oxygen atoms in total. The molecule has 0 radical (unpaired) electrons. The van der Waals surface area contributed by atoms with Crippen molar-refractivity contribution < 1.29 is 17.9 Å². The van der Waals surface area contributed by atoms with E-state index >= 15 is 0 Å². The van der Waals surface area contributed by atoms with Crippen molar-refractivity contribution in [1.29, 1.82) is 0 Å². The van der Waals surface area contributed by atoms with E-state index in [2.05, 4.69) is 4.99 Å². The second-order valence-electron chi connectivity index (χ2n) is 5.27. The van der Waals surface area contributed by atoms with Crippen LogP contribution in [-0.4, -0.2) is 24.1 Å². The Balaban J connectivity index is 1.92. The van der Waals surface area contributed by atoms with Crippen LogP contribution in [0.3, 0.4) is 0 Å². The SMILES string of the molecule is NC1CCC2N=C(c3ccccc3C(F)(F)F)OC2C1. The first kappa shape index (κ1) is 13.4. The molecule has 1 fully saturated rings. The molecule has 3 atom stereocenters. The van der Waals surface area contributed by atoms with Crippen molar-refractivity contribution in [3.63, 3.8) is 0 Å². The third-order valence-corrected chi connectivity index (χ3v) is 3.81. The number of ether oxygens (including phenoxy) is 1. The highest BCUT2D eigenvalue weighted by Crippen LogP contribution is 2.35. The van der Waals surface area contributed by atoms with Gasteiger partial charge in [0.15, 0.2) is 0 Å². The second kappa shape index (κ2) is 4.77. The number of rotatable bonds is 1. The van der Waals surface area contributed by atoms with Gasteiger partial charge < -0.3 is 10.5 Å². The topological polar surface area (TPSA) is 47.6 Å². The molecule has 2 aliphatic rings. The molecule has 0 amide bonds. The molecule has 1 aliphatic carbocycles. The Kier molecular flexibility index (Phi) is 3.20. The minimum absolute atomic E-state index is 0.0166. The van der Waals surface area contributed by atoms with Crippen LogP contribution in [0.25, 0.3) is 0 Å².